The molecule has 31 heavy (non-hydrogen) atoms. The van der Waals surface area contributed by atoms with E-state index in [1.807, 2.05) is 60.6 Å². The van der Waals surface area contributed by atoms with Gasteiger partial charge in [0.15, 0.2) is 0 Å². The lowest BCUT2D eigenvalue weighted by Gasteiger charge is -2.32. The Labute approximate surface area is 184 Å². The number of nitrogens with one attached hydrogen (secondary N) is 1. The van der Waals surface area contributed by atoms with Crippen LogP contribution in [0.1, 0.15) is 59.0 Å². The van der Waals surface area contributed by atoms with Crippen molar-refractivity contribution in [2.24, 2.45) is 16.1 Å². The number of nitrogens with zero attached hydrogens (tertiary/aromatic N) is 3. The van der Waals surface area contributed by atoms with Crippen molar-refractivity contribution in [2.75, 3.05) is 7.05 Å². The van der Waals surface area contributed by atoms with E-state index in [-0.39, 0.29) is 11.3 Å². The molecule has 0 unspecified atom stereocenters. The van der Waals surface area contributed by atoms with Crippen LogP contribution in [-0.2, 0) is 9.31 Å². The third-order valence-corrected chi connectivity index (χ3v) is 5.94. The fourth-order valence-electron chi connectivity index (χ4n) is 2.99. The number of aromatic nitrogens is 2. The maximum atomic E-state index is 12.9. The minimum absolute atomic E-state index is 0.228. The second-order valence-electron chi connectivity index (χ2n) is 9.83. The molecule has 2 aromatic rings. The number of fused-ring (bicyclic) bond motifs is 1. The van der Waals surface area contributed by atoms with Gasteiger partial charge in [-0.05, 0) is 51.4 Å². The zero-order chi connectivity index (χ0) is 23.2. The maximum Gasteiger partial charge on any atom is 0.495 e. The molecule has 0 saturated carbocycles. The van der Waals surface area contributed by atoms with Gasteiger partial charge in [-0.15, -0.1) is 0 Å². The first-order valence-corrected chi connectivity index (χ1v) is 10.3. The molecule has 0 radical (unpaired) electrons. The zero-order valence-electron chi connectivity index (χ0n) is 19.6. The van der Waals surface area contributed by atoms with Crippen molar-refractivity contribution in [1.29, 1.82) is 0 Å². The lowest BCUT2D eigenvalue weighted by Crippen LogP contribution is -2.41. The van der Waals surface area contributed by atoms with Gasteiger partial charge in [-0.3, -0.25) is 14.2 Å². The van der Waals surface area contributed by atoms with Gasteiger partial charge in [0.1, 0.15) is 17.2 Å². The molecule has 1 aliphatic rings. The van der Waals surface area contributed by atoms with E-state index in [1.165, 1.54) is 6.20 Å². The minimum atomic E-state index is -0.492. The summed E-state index contributed by atoms with van der Waals surface area (Å²) in [6.07, 6.45) is 5.00. The summed E-state index contributed by atoms with van der Waals surface area (Å²) in [6, 6.07) is 3.74. The molecule has 2 aromatic heterocycles. The van der Waals surface area contributed by atoms with Crippen LogP contribution in [0.15, 0.2) is 41.3 Å². The molecule has 9 heteroatoms. The van der Waals surface area contributed by atoms with Crippen molar-refractivity contribution in [2.45, 2.75) is 59.7 Å². The standard InChI is InChI=1S/C22H32BN5O3/c1-20(2,3)16(24)12-17(25-8)27-19(29)15-13-26-18-11-14(9-10-28(15)18)23-30-21(4,5)22(6,7)31-23/h9-13H,24H2,1-8H3,(H,25,27,29)/b16-12-. The molecule has 0 bridgehead atoms. The molecule has 1 fully saturated rings. The summed E-state index contributed by atoms with van der Waals surface area (Å²) in [4.78, 5) is 21.4. The third-order valence-electron chi connectivity index (χ3n) is 5.94. The predicted octanol–water partition coefficient (Wildman–Crippen LogP) is 2.28. The van der Waals surface area contributed by atoms with Crippen LogP contribution in [-0.4, -0.2) is 46.5 Å². The number of pyridine rings is 1. The number of rotatable bonds is 3. The Kier molecular flexibility index (Phi) is 5.79. The molecular weight excluding hydrogens is 393 g/mol. The molecule has 8 nitrogen and oxygen atoms in total. The predicted molar refractivity (Wildman–Crippen MR) is 123 cm³/mol. The topological polar surface area (TPSA) is 103 Å². The van der Waals surface area contributed by atoms with Gasteiger partial charge in [0.2, 0.25) is 0 Å². The summed E-state index contributed by atoms with van der Waals surface area (Å²) in [6.45, 7) is 14.0. The van der Waals surface area contributed by atoms with Crippen LogP contribution in [0.4, 0.5) is 0 Å². The number of allylic oxidation sites excluding steroid dienone is 1. The average Bonchev–Trinajstić information content (AvgIpc) is 3.17. The van der Waals surface area contributed by atoms with Gasteiger partial charge in [0.05, 0.1) is 17.4 Å². The SMILES string of the molecule is CN=C(/C=C(\N)C(C)(C)C)NC(=O)c1cnc2cc(B3OC(C)(C)C(C)(C)O3)ccn12. The number of carbonyl (C=O) groups excluding carboxylic acids is 1. The smallest absolute Gasteiger partial charge is 0.401 e. The lowest BCUT2D eigenvalue weighted by atomic mass is 9.80. The number of nitrogens with two attached hydrogens (primary N) is 1. The van der Waals surface area contributed by atoms with Gasteiger partial charge >= 0.3 is 7.12 Å². The molecular formula is C22H32BN5O3. The van der Waals surface area contributed by atoms with Gasteiger partial charge in [-0.25, -0.2) is 4.98 Å². The normalized spacial score (nSPS) is 19.2. The van der Waals surface area contributed by atoms with E-state index in [2.05, 4.69) is 15.3 Å². The molecule has 1 amide bonds. The van der Waals surface area contributed by atoms with Crippen molar-refractivity contribution < 1.29 is 14.1 Å². The Morgan fingerprint density at radius 1 is 1.26 bits per heavy atom. The van der Waals surface area contributed by atoms with E-state index < -0.39 is 18.3 Å². The summed E-state index contributed by atoms with van der Waals surface area (Å²) in [5, 5.41) is 2.80. The van der Waals surface area contributed by atoms with Crippen LogP contribution in [0.5, 0.6) is 0 Å². The number of amidine groups is 1. The Hall–Kier alpha value is -2.65. The van der Waals surface area contributed by atoms with Gasteiger partial charge in [-0.1, -0.05) is 20.8 Å². The molecule has 0 aliphatic carbocycles. The van der Waals surface area contributed by atoms with Crippen LogP contribution >= 0.6 is 0 Å². The highest BCUT2D eigenvalue weighted by atomic mass is 16.7. The molecule has 0 spiro atoms. The van der Waals surface area contributed by atoms with E-state index in [1.54, 1.807) is 23.7 Å². The minimum Gasteiger partial charge on any atom is -0.401 e. The highest BCUT2D eigenvalue weighted by molar-refractivity contribution is 6.62. The van der Waals surface area contributed by atoms with Gasteiger partial charge in [0.25, 0.3) is 5.91 Å². The molecule has 0 aromatic carbocycles. The van der Waals surface area contributed by atoms with Crippen LogP contribution in [0.3, 0.4) is 0 Å². The summed E-state index contributed by atoms with van der Waals surface area (Å²) in [5.74, 6) is 0.0654. The van der Waals surface area contributed by atoms with E-state index in [9.17, 15) is 4.79 Å². The maximum absolute atomic E-state index is 12.9. The van der Waals surface area contributed by atoms with Crippen molar-refractivity contribution in [1.82, 2.24) is 14.7 Å². The highest BCUT2D eigenvalue weighted by Crippen LogP contribution is 2.36. The monoisotopic (exact) mass is 425 g/mol. The Balaban J connectivity index is 1.83. The number of hydrogen-bond acceptors (Lipinski definition) is 6. The largest absolute Gasteiger partial charge is 0.495 e. The van der Waals surface area contributed by atoms with Crippen LogP contribution in [0, 0.1) is 5.41 Å². The van der Waals surface area contributed by atoms with E-state index in [0.29, 0.717) is 22.9 Å². The first-order chi connectivity index (χ1) is 14.2. The van der Waals surface area contributed by atoms with Crippen molar-refractivity contribution in [3.63, 3.8) is 0 Å². The molecule has 166 valence electrons. The highest BCUT2D eigenvalue weighted by Gasteiger charge is 2.51. The molecule has 3 N–H and O–H groups in total. The zero-order valence-corrected chi connectivity index (χ0v) is 19.6. The van der Waals surface area contributed by atoms with Crippen molar-refractivity contribution in [3.8, 4) is 0 Å². The summed E-state index contributed by atoms with van der Waals surface area (Å²) < 4.78 is 13.9. The molecule has 3 heterocycles. The van der Waals surface area contributed by atoms with Crippen LogP contribution < -0.4 is 16.5 Å². The van der Waals surface area contributed by atoms with E-state index in [4.69, 9.17) is 15.0 Å². The fourth-order valence-corrected chi connectivity index (χ4v) is 2.99. The number of aliphatic imine (C=N–C) groups is 1. The quantitative estimate of drug-likeness (QED) is 0.446. The van der Waals surface area contributed by atoms with Crippen molar-refractivity contribution >= 4 is 30.0 Å². The number of amides is 1. The lowest BCUT2D eigenvalue weighted by molar-refractivity contribution is 0.00578. The summed E-state index contributed by atoms with van der Waals surface area (Å²) >= 11 is 0. The summed E-state index contributed by atoms with van der Waals surface area (Å²) in [7, 11) is 1.11. The first-order valence-electron chi connectivity index (χ1n) is 10.3. The summed E-state index contributed by atoms with van der Waals surface area (Å²) in [5.41, 5.74) is 7.51. The van der Waals surface area contributed by atoms with Gasteiger partial charge < -0.3 is 20.4 Å². The first kappa shape index (κ1) is 23.0. The second kappa shape index (κ2) is 7.80. The van der Waals surface area contributed by atoms with E-state index in [0.717, 1.165) is 5.46 Å². The van der Waals surface area contributed by atoms with Gasteiger partial charge in [0, 0.05) is 24.4 Å². The second-order valence-corrected chi connectivity index (χ2v) is 9.83. The molecule has 1 aliphatic heterocycles. The number of hydrogen-bond donors (Lipinski definition) is 2. The van der Waals surface area contributed by atoms with Crippen molar-refractivity contribution in [3.05, 3.63) is 42.0 Å². The van der Waals surface area contributed by atoms with E-state index >= 15 is 0 Å². The van der Waals surface area contributed by atoms with Crippen LogP contribution in [0.2, 0.25) is 0 Å². The Morgan fingerprint density at radius 3 is 2.42 bits per heavy atom. The number of carbonyl (C=O) groups is 1. The Bertz CT molecular complexity index is 1050. The number of imidazole rings is 1. The average molecular weight is 425 g/mol. The fraction of sp³-hybridized carbons (Fsp3) is 0.500. The molecule has 3 rings (SSSR count). The third kappa shape index (κ3) is 4.52. The molecule has 0 atom stereocenters. The molecule has 1 saturated heterocycles. The Morgan fingerprint density at radius 2 is 1.87 bits per heavy atom. The van der Waals surface area contributed by atoms with Crippen LogP contribution in [0.25, 0.3) is 5.65 Å². The van der Waals surface area contributed by atoms with Gasteiger partial charge in [-0.2, -0.15) is 0 Å².